The standard InChI is InChI=1S/C22H25N3O3/c1-16(24-20(26)14-11-17-7-5-4-6-8-17)22(28)25(3)15-18-9-12-19(13-10-18)21(27)23-2/h4-14,16H,15H2,1-3H3,(H,23,27)(H,24,26). The molecule has 6 heteroatoms. The Morgan fingerprint density at radius 2 is 1.68 bits per heavy atom. The summed E-state index contributed by atoms with van der Waals surface area (Å²) >= 11 is 0. The van der Waals surface area contributed by atoms with Crippen molar-refractivity contribution < 1.29 is 14.4 Å². The highest BCUT2D eigenvalue weighted by Crippen LogP contribution is 2.08. The van der Waals surface area contributed by atoms with Crippen molar-refractivity contribution in [3.05, 3.63) is 77.4 Å². The second-order valence-electron chi connectivity index (χ2n) is 6.44. The third-order valence-corrected chi connectivity index (χ3v) is 4.20. The van der Waals surface area contributed by atoms with Gasteiger partial charge in [0.05, 0.1) is 0 Å². The molecule has 3 amide bonds. The van der Waals surface area contributed by atoms with Crippen molar-refractivity contribution in [1.82, 2.24) is 15.5 Å². The molecule has 0 aliphatic carbocycles. The first-order valence-corrected chi connectivity index (χ1v) is 9.00. The molecule has 146 valence electrons. The fraction of sp³-hybridized carbons (Fsp3) is 0.227. The highest BCUT2D eigenvalue weighted by Gasteiger charge is 2.18. The van der Waals surface area contributed by atoms with Crippen LogP contribution in [-0.2, 0) is 16.1 Å². The highest BCUT2D eigenvalue weighted by molar-refractivity contribution is 5.95. The van der Waals surface area contributed by atoms with Crippen molar-refractivity contribution in [2.45, 2.75) is 19.5 Å². The molecule has 2 aromatic rings. The maximum Gasteiger partial charge on any atom is 0.251 e. The van der Waals surface area contributed by atoms with Crippen LogP contribution in [0.2, 0.25) is 0 Å². The van der Waals surface area contributed by atoms with Crippen molar-refractivity contribution in [3.63, 3.8) is 0 Å². The van der Waals surface area contributed by atoms with Gasteiger partial charge in [0.1, 0.15) is 6.04 Å². The molecule has 1 atom stereocenters. The van der Waals surface area contributed by atoms with Gasteiger partial charge in [0, 0.05) is 32.3 Å². The fourth-order valence-corrected chi connectivity index (χ4v) is 2.65. The summed E-state index contributed by atoms with van der Waals surface area (Å²) in [5, 5.41) is 5.24. The first-order valence-electron chi connectivity index (χ1n) is 9.00. The minimum Gasteiger partial charge on any atom is -0.355 e. The van der Waals surface area contributed by atoms with E-state index in [1.54, 1.807) is 56.3 Å². The Balaban J connectivity index is 1.88. The summed E-state index contributed by atoms with van der Waals surface area (Å²) in [6, 6.07) is 15.9. The number of amides is 3. The maximum atomic E-state index is 12.5. The molecule has 2 aromatic carbocycles. The van der Waals surface area contributed by atoms with E-state index in [2.05, 4.69) is 10.6 Å². The molecule has 0 bridgehead atoms. The Morgan fingerprint density at radius 3 is 2.29 bits per heavy atom. The molecule has 0 saturated carbocycles. The monoisotopic (exact) mass is 379 g/mol. The number of likely N-dealkylation sites (N-methyl/N-ethyl adjacent to an activating group) is 1. The van der Waals surface area contributed by atoms with E-state index in [0.29, 0.717) is 12.1 Å². The number of carbonyl (C=O) groups excluding carboxylic acids is 3. The van der Waals surface area contributed by atoms with E-state index in [1.807, 2.05) is 30.3 Å². The number of rotatable bonds is 7. The molecule has 0 heterocycles. The van der Waals surface area contributed by atoms with Gasteiger partial charge >= 0.3 is 0 Å². The molecule has 0 fully saturated rings. The molecule has 0 aliphatic heterocycles. The summed E-state index contributed by atoms with van der Waals surface area (Å²) in [7, 11) is 3.25. The van der Waals surface area contributed by atoms with Gasteiger partial charge in [0.25, 0.3) is 5.91 Å². The van der Waals surface area contributed by atoms with Gasteiger partial charge in [-0.2, -0.15) is 0 Å². The predicted molar refractivity (Wildman–Crippen MR) is 109 cm³/mol. The van der Waals surface area contributed by atoms with E-state index in [-0.39, 0.29) is 17.7 Å². The number of nitrogens with zero attached hydrogens (tertiary/aromatic N) is 1. The van der Waals surface area contributed by atoms with E-state index >= 15 is 0 Å². The van der Waals surface area contributed by atoms with Crippen molar-refractivity contribution in [1.29, 1.82) is 0 Å². The number of nitrogens with one attached hydrogen (secondary N) is 2. The van der Waals surface area contributed by atoms with Crippen LogP contribution >= 0.6 is 0 Å². The van der Waals surface area contributed by atoms with E-state index in [4.69, 9.17) is 0 Å². The SMILES string of the molecule is CNC(=O)c1ccc(CN(C)C(=O)C(C)NC(=O)C=Cc2ccccc2)cc1. The zero-order valence-electron chi connectivity index (χ0n) is 16.3. The third kappa shape index (κ3) is 6.09. The van der Waals surface area contributed by atoms with Crippen molar-refractivity contribution in [2.24, 2.45) is 0 Å². The first kappa shape index (κ1) is 20.9. The van der Waals surface area contributed by atoms with Crippen LogP contribution in [0, 0.1) is 0 Å². The minimum atomic E-state index is -0.650. The van der Waals surface area contributed by atoms with Gasteiger partial charge in [-0.3, -0.25) is 14.4 Å². The fourth-order valence-electron chi connectivity index (χ4n) is 2.65. The summed E-state index contributed by atoms with van der Waals surface area (Å²) in [5.74, 6) is -0.680. The Labute approximate surface area is 165 Å². The Hall–Kier alpha value is -3.41. The van der Waals surface area contributed by atoms with Gasteiger partial charge < -0.3 is 15.5 Å². The van der Waals surface area contributed by atoms with E-state index in [1.165, 1.54) is 6.08 Å². The molecular formula is C22H25N3O3. The number of hydrogen-bond donors (Lipinski definition) is 2. The van der Waals surface area contributed by atoms with Crippen LogP contribution in [0.5, 0.6) is 0 Å². The van der Waals surface area contributed by atoms with Crippen LogP contribution in [0.1, 0.15) is 28.4 Å². The quantitative estimate of drug-likeness (QED) is 0.724. The second-order valence-corrected chi connectivity index (χ2v) is 6.44. The first-order chi connectivity index (χ1) is 13.4. The molecule has 2 rings (SSSR count). The lowest BCUT2D eigenvalue weighted by molar-refractivity contribution is -0.134. The predicted octanol–water partition coefficient (Wildman–Crippen LogP) is 2.22. The van der Waals surface area contributed by atoms with Gasteiger partial charge in [-0.15, -0.1) is 0 Å². The lowest BCUT2D eigenvalue weighted by Gasteiger charge is -2.22. The van der Waals surface area contributed by atoms with Gasteiger partial charge in [-0.25, -0.2) is 0 Å². The molecule has 6 nitrogen and oxygen atoms in total. The molecular weight excluding hydrogens is 354 g/mol. The molecule has 0 spiro atoms. The molecule has 0 radical (unpaired) electrons. The normalized spacial score (nSPS) is 11.7. The second kappa shape index (κ2) is 10.1. The molecule has 0 aromatic heterocycles. The van der Waals surface area contributed by atoms with E-state index in [9.17, 15) is 14.4 Å². The molecule has 2 N–H and O–H groups in total. The summed E-state index contributed by atoms with van der Waals surface area (Å²) < 4.78 is 0. The average Bonchev–Trinajstić information content (AvgIpc) is 2.72. The molecule has 0 aliphatic rings. The molecule has 0 saturated heterocycles. The third-order valence-electron chi connectivity index (χ3n) is 4.20. The largest absolute Gasteiger partial charge is 0.355 e. The van der Waals surface area contributed by atoms with Crippen LogP contribution in [0.3, 0.4) is 0 Å². The molecule has 1 unspecified atom stereocenters. The molecule has 28 heavy (non-hydrogen) atoms. The lowest BCUT2D eigenvalue weighted by Crippen LogP contribution is -2.44. The van der Waals surface area contributed by atoms with Crippen molar-refractivity contribution in [2.75, 3.05) is 14.1 Å². The van der Waals surface area contributed by atoms with Crippen molar-refractivity contribution >= 4 is 23.8 Å². The summed E-state index contributed by atoms with van der Waals surface area (Å²) in [6.45, 7) is 2.04. The Bertz CT molecular complexity index is 845. The maximum absolute atomic E-state index is 12.5. The van der Waals surface area contributed by atoms with E-state index in [0.717, 1.165) is 11.1 Å². The Morgan fingerprint density at radius 1 is 1.04 bits per heavy atom. The van der Waals surface area contributed by atoms with Crippen LogP contribution in [0.15, 0.2) is 60.7 Å². The van der Waals surface area contributed by atoms with E-state index < -0.39 is 6.04 Å². The zero-order valence-corrected chi connectivity index (χ0v) is 16.3. The average molecular weight is 379 g/mol. The summed E-state index contributed by atoms with van der Waals surface area (Å²) in [4.78, 5) is 37.6. The zero-order chi connectivity index (χ0) is 20.5. The number of hydrogen-bond acceptors (Lipinski definition) is 3. The summed E-state index contributed by atoms with van der Waals surface area (Å²) in [5.41, 5.74) is 2.37. The van der Waals surface area contributed by atoms with Gasteiger partial charge in [-0.05, 0) is 36.3 Å². The smallest absolute Gasteiger partial charge is 0.251 e. The van der Waals surface area contributed by atoms with Gasteiger partial charge in [0.2, 0.25) is 11.8 Å². The van der Waals surface area contributed by atoms with Crippen LogP contribution in [-0.4, -0.2) is 42.8 Å². The van der Waals surface area contributed by atoms with Crippen LogP contribution in [0.25, 0.3) is 6.08 Å². The minimum absolute atomic E-state index is 0.157. The number of benzene rings is 2. The Kier molecular flexibility index (Phi) is 7.51. The summed E-state index contributed by atoms with van der Waals surface area (Å²) in [6.07, 6.45) is 3.11. The van der Waals surface area contributed by atoms with Gasteiger partial charge in [-0.1, -0.05) is 42.5 Å². The van der Waals surface area contributed by atoms with Gasteiger partial charge in [0.15, 0.2) is 0 Å². The highest BCUT2D eigenvalue weighted by atomic mass is 16.2. The van der Waals surface area contributed by atoms with Crippen molar-refractivity contribution in [3.8, 4) is 0 Å². The van der Waals surface area contributed by atoms with Crippen LogP contribution in [0.4, 0.5) is 0 Å². The lowest BCUT2D eigenvalue weighted by atomic mass is 10.1. The van der Waals surface area contributed by atoms with Crippen LogP contribution < -0.4 is 10.6 Å². The number of carbonyl (C=O) groups is 3. The topological polar surface area (TPSA) is 78.5 Å².